The van der Waals surface area contributed by atoms with Gasteiger partial charge in [-0.3, -0.25) is 0 Å². The van der Waals surface area contributed by atoms with Crippen LogP contribution in [0.15, 0.2) is 54.6 Å². The van der Waals surface area contributed by atoms with Crippen molar-refractivity contribution in [2.75, 3.05) is 0 Å². The van der Waals surface area contributed by atoms with Gasteiger partial charge in [0.05, 0.1) is 11.6 Å². The highest BCUT2D eigenvalue weighted by molar-refractivity contribution is 5.67. The fourth-order valence-electron chi connectivity index (χ4n) is 2.09. The highest BCUT2D eigenvalue weighted by Gasteiger charge is 2.09. The standard InChI is InChI=1S/C18H18N2O2/c1-14(11-15-7-9-16(12-19)10-8-15)20-18(21)22-13-17-5-3-2-4-6-17/h2-10,14H,11,13H2,1H3,(H,20,21). The molecule has 0 heterocycles. The maximum Gasteiger partial charge on any atom is 0.407 e. The molecule has 0 aliphatic heterocycles. The molecule has 0 bridgehead atoms. The first-order valence-electron chi connectivity index (χ1n) is 7.13. The molecule has 112 valence electrons. The minimum absolute atomic E-state index is 0.0452. The smallest absolute Gasteiger partial charge is 0.407 e. The number of hydrogen-bond donors (Lipinski definition) is 1. The second kappa shape index (κ2) is 7.84. The molecule has 4 nitrogen and oxygen atoms in total. The Kier molecular flexibility index (Phi) is 5.56. The quantitative estimate of drug-likeness (QED) is 0.919. The van der Waals surface area contributed by atoms with Gasteiger partial charge in [0, 0.05) is 6.04 Å². The Hall–Kier alpha value is -2.80. The number of nitrogens with zero attached hydrogens (tertiary/aromatic N) is 1. The van der Waals surface area contributed by atoms with E-state index >= 15 is 0 Å². The summed E-state index contributed by atoms with van der Waals surface area (Å²) in [5.74, 6) is 0. The molecule has 0 fully saturated rings. The molecule has 22 heavy (non-hydrogen) atoms. The van der Waals surface area contributed by atoms with E-state index < -0.39 is 6.09 Å². The van der Waals surface area contributed by atoms with Gasteiger partial charge in [-0.25, -0.2) is 4.79 Å². The minimum Gasteiger partial charge on any atom is -0.445 e. The zero-order valence-corrected chi connectivity index (χ0v) is 12.5. The zero-order valence-electron chi connectivity index (χ0n) is 12.5. The number of carbonyl (C=O) groups is 1. The third-order valence-electron chi connectivity index (χ3n) is 3.20. The lowest BCUT2D eigenvalue weighted by Crippen LogP contribution is -2.34. The predicted molar refractivity (Wildman–Crippen MR) is 84.1 cm³/mol. The highest BCUT2D eigenvalue weighted by Crippen LogP contribution is 2.07. The molecule has 0 spiro atoms. The molecule has 4 heteroatoms. The molecule has 0 aromatic heterocycles. The van der Waals surface area contributed by atoms with Crippen molar-refractivity contribution in [2.24, 2.45) is 0 Å². The number of nitrogens with one attached hydrogen (secondary N) is 1. The Morgan fingerprint density at radius 2 is 1.82 bits per heavy atom. The normalized spacial score (nSPS) is 11.3. The lowest BCUT2D eigenvalue weighted by atomic mass is 10.1. The van der Waals surface area contributed by atoms with Crippen molar-refractivity contribution in [3.05, 3.63) is 71.3 Å². The number of benzene rings is 2. The minimum atomic E-state index is -0.426. The van der Waals surface area contributed by atoms with E-state index in [1.165, 1.54) is 0 Å². The van der Waals surface area contributed by atoms with Crippen LogP contribution >= 0.6 is 0 Å². The highest BCUT2D eigenvalue weighted by atomic mass is 16.5. The van der Waals surface area contributed by atoms with Crippen LogP contribution in [0.5, 0.6) is 0 Å². The van der Waals surface area contributed by atoms with Crippen molar-refractivity contribution in [1.82, 2.24) is 5.32 Å². The number of ether oxygens (including phenoxy) is 1. The van der Waals surface area contributed by atoms with Gasteiger partial charge in [0.25, 0.3) is 0 Å². The molecule has 1 N–H and O–H groups in total. The van der Waals surface area contributed by atoms with Crippen molar-refractivity contribution in [3.63, 3.8) is 0 Å². The van der Waals surface area contributed by atoms with Crippen LogP contribution in [0, 0.1) is 11.3 Å². The van der Waals surface area contributed by atoms with Gasteiger partial charge in [-0.1, -0.05) is 42.5 Å². The third kappa shape index (κ3) is 4.95. The molecule has 0 saturated heterocycles. The summed E-state index contributed by atoms with van der Waals surface area (Å²) in [6.07, 6.45) is 0.261. The molecule has 0 aliphatic carbocycles. The fourth-order valence-corrected chi connectivity index (χ4v) is 2.09. The van der Waals surface area contributed by atoms with Crippen LogP contribution in [0.3, 0.4) is 0 Å². The number of amides is 1. The van der Waals surface area contributed by atoms with Crippen LogP contribution in [0.2, 0.25) is 0 Å². The van der Waals surface area contributed by atoms with Gasteiger partial charge < -0.3 is 10.1 Å². The number of alkyl carbamates (subject to hydrolysis) is 1. The van der Waals surface area contributed by atoms with Crippen LogP contribution in [-0.4, -0.2) is 12.1 Å². The SMILES string of the molecule is CC(Cc1ccc(C#N)cc1)NC(=O)OCc1ccccc1. The first-order chi connectivity index (χ1) is 10.7. The first kappa shape index (κ1) is 15.6. The number of carbonyl (C=O) groups excluding carboxylic acids is 1. The van der Waals surface area contributed by atoms with E-state index in [0.29, 0.717) is 12.0 Å². The zero-order chi connectivity index (χ0) is 15.8. The molecule has 1 amide bonds. The van der Waals surface area contributed by atoms with E-state index in [0.717, 1.165) is 11.1 Å². The Balaban J connectivity index is 1.77. The van der Waals surface area contributed by atoms with Crippen LogP contribution in [0.1, 0.15) is 23.6 Å². The largest absolute Gasteiger partial charge is 0.445 e. The summed E-state index contributed by atoms with van der Waals surface area (Å²) in [7, 11) is 0. The molecule has 1 unspecified atom stereocenters. The topological polar surface area (TPSA) is 62.1 Å². The van der Waals surface area contributed by atoms with Crippen molar-refractivity contribution >= 4 is 6.09 Å². The summed E-state index contributed by atoms with van der Waals surface area (Å²) >= 11 is 0. The van der Waals surface area contributed by atoms with Crippen LogP contribution in [0.4, 0.5) is 4.79 Å². The number of nitriles is 1. The first-order valence-corrected chi connectivity index (χ1v) is 7.13. The summed E-state index contributed by atoms with van der Waals surface area (Å²) < 4.78 is 5.18. The molecule has 1 atom stereocenters. The lowest BCUT2D eigenvalue weighted by molar-refractivity contribution is 0.136. The second-order valence-corrected chi connectivity index (χ2v) is 5.12. The maximum absolute atomic E-state index is 11.7. The Labute approximate surface area is 130 Å². The van der Waals surface area contributed by atoms with E-state index in [2.05, 4.69) is 11.4 Å². The van der Waals surface area contributed by atoms with Gasteiger partial charge >= 0.3 is 6.09 Å². The van der Waals surface area contributed by atoms with Crippen LogP contribution in [-0.2, 0) is 17.8 Å². The second-order valence-electron chi connectivity index (χ2n) is 5.12. The summed E-state index contributed by atoms with van der Waals surface area (Å²) in [5, 5.41) is 11.6. The Bertz CT molecular complexity index is 645. The lowest BCUT2D eigenvalue weighted by Gasteiger charge is -2.14. The van der Waals surface area contributed by atoms with Crippen molar-refractivity contribution in [1.29, 1.82) is 5.26 Å². The maximum atomic E-state index is 11.7. The average Bonchev–Trinajstić information content (AvgIpc) is 2.54. The van der Waals surface area contributed by atoms with Gasteiger partial charge in [-0.2, -0.15) is 5.26 Å². The van der Waals surface area contributed by atoms with Gasteiger partial charge in [0.15, 0.2) is 0 Å². The van der Waals surface area contributed by atoms with E-state index in [1.807, 2.05) is 49.4 Å². The van der Waals surface area contributed by atoms with E-state index in [-0.39, 0.29) is 12.6 Å². The third-order valence-corrected chi connectivity index (χ3v) is 3.20. The van der Waals surface area contributed by atoms with Crippen molar-refractivity contribution in [2.45, 2.75) is 26.0 Å². The van der Waals surface area contributed by atoms with Gasteiger partial charge in [-0.15, -0.1) is 0 Å². The molecular weight excluding hydrogens is 276 g/mol. The monoisotopic (exact) mass is 294 g/mol. The van der Waals surface area contributed by atoms with E-state index in [1.54, 1.807) is 12.1 Å². The molecule has 2 aromatic carbocycles. The number of rotatable bonds is 5. The summed E-state index contributed by atoms with van der Waals surface area (Å²) in [6, 6.07) is 18.9. The number of hydrogen-bond acceptors (Lipinski definition) is 3. The molecule has 0 saturated carbocycles. The molecule has 0 radical (unpaired) electrons. The molecule has 0 aliphatic rings. The summed E-state index contributed by atoms with van der Waals surface area (Å²) in [6.45, 7) is 2.18. The molecule has 2 aromatic rings. The van der Waals surface area contributed by atoms with E-state index in [4.69, 9.17) is 10.00 Å². The molecule has 2 rings (SSSR count). The average molecular weight is 294 g/mol. The Morgan fingerprint density at radius 3 is 2.45 bits per heavy atom. The van der Waals surface area contributed by atoms with Crippen LogP contribution < -0.4 is 5.32 Å². The van der Waals surface area contributed by atoms with Crippen LogP contribution in [0.25, 0.3) is 0 Å². The summed E-state index contributed by atoms with van der Waals surface area (Å²) in [4.78, 5) is 11.7. The van der Waals surface area contributed by atoms with Crippen molar-refractivity contribution in [3.8, 4) is 6.07 Å². The van der Waals surface area contributed by atoms with Gasteiger partial charge in [0.2, 0.25) is 0 Å². The predicted octanol–water partition coefficient (Wildman–Crippen LogP) is 3.42. The Morgan fingerprint density at radius 1 is 1.14 bits per heavy atom. The van der Waals surface area contributed by atoms with Crippen molar-refractivity contribution < 1.29 is 9.53 Å². The fraction of sp³-hybridized carbons (Fsp3) is 0.222. The van der Waals surface area contributed by atoms with Gasteiger partial charge in [0.1, 0.15) is 6.61 Å². The van der Waals surface area contributed by atoms with Gasteiger partial charge in [-0.05, 0) is 36.6 Å². The molecular formula is C18H18N2O2. The summed E-state index contributed by atoms with van der Waals surface area (Å²) in [5.41, 5.74) is 2.65. The van der Waals surface area contributed by atoms with E-state index in [9.17, 15) is 4.79 Å².